The van der Waals surface area contributed by atoms with E-state index >= 15 is 0 Å². The number of ether oxygens (including phenoxy) is 3. The summed E-state index contributed by atoms with van der Waals surface area (Å²) in [6.07, 6.45) is 7.51. The molecule has 1 N–H and O–H groups in total. The molecule has 0 aliphatic carbocycles. The molecule has 0 spiro atoms. The van der Waals surface area contributed by atoms with Gasteiger partial charge >= 0.3 is 0 Å². The lowest BCUT2D eigenvalue weighted by Crippen LogP contribution is -2.23. The van der Waals surface area contributed by atoms with Crippen molar-refractivity contribution in [1.29, 1.82) is 0 Å². The zero-order valence-electron chi connectivity index (χ0n) is 17.7. The molecular formula is C24H28N2O4. The highest BCUT2D eigenvalue weighted by molar-refractivity contribution is 5.91. The number of nitrogens with one attached hydrogen (secondary N) is 1. The van der Waals surface area contributed by atoms with Crippen LogP contribution in [0.3, 0.4) is 0 Å². The van der Waals surface area contributed by atoms with E-state index in [0.717, 1.165) is 30.8 Å². The highest BCUT2D eigenvalue weighted by atomic mass is 16.5. The van der Waals surface area contributed by atoms with Gasteiger partial charge in [0, 0.05) is 18.8 Å². The maximum absolute atomic E-state index is 12.2. The summed E-state index contributed by atoms with van der Waals surface area (Å²) in [5.41, 5.74) is 3.03. The number of amides is 1. The van der Waals surface area contributed by atoms with Crippen LogP contribution in [-0.2, 0) is 4.79 Å². The van der Waals surface area contributed by atoms with Crippen LogP contribution in [0, 0.1) is 0 Å². The van der Waals surface area contributed by atoms with Gasteiger partial charge < -0.3 is 24.4 Å². The van der Waals surface area contributed by atoms with E-state index < -0.39 is 0 Å². The molecule has 0 bridgehead atoms. The quantitative estimate of drug-likeness (QED) is 0.716. The first-order valence-electron chi connectivity index (χ1n) is 9.88. The van der Waals surface area contributed by atoms with Crippen molar-refractivity contribution in [3.8, 4) is 17.2 Å². The molecule has 0 saturated heterocycles. The molecule has 6 nitrogen and oxygen atoms in total. The first kappa shape index (κ1) is 21.5. The lowest BCUT2D eigenvalue weighted by molar-refractivity contribution is -0.118. The molecule has 158 valence electrons. The number of hydrogen-bond acceptors (Lipinski definition) is 5. The van der Waals surface area contributed by atoms with E-state index in [2.05, 4.69) is 35.5 Å². The number of nitrogens with zero attached hydrogens (tertiary/aromatic N) is 1. The molecule has 2 aromatic rings. The first-order valence-corrected chi connectivity index (χ1v) is 9.88. The summed E-state index contributed by atoms with van der Waals surface area (Å²) in [6.45, 7) is 1.94. The van der Waals surface area contributed by atoms with Crippen molar-refractivity contribution in [2.45, 2.75) is 6.42 Å². The molecule has 0 radical (unpaired) electrons. The Balaban J connectivity index is 1.57. The molecule has 3 rings (SSSR count). The lowest BCUT2D eigenvalue weighted by atomic mass is 10.1. The fourth-order valence-electron chi connectivity index (χ4n) is 3.06. The smallest absolute Gasteiger partial charge is 0.262 e. The van der Waals surface area contributed by atoms with Crippen molar-refractivity contribution in [1.82, 2.24) is 4.90 Å². The minimum Gasteiger partial charge on any atom is -0.497 e. The van der Waals surface area contributed by atoms with Crippen LogP contribution >= 0.6 is 0 Å². The predicted octanol–water partition coefficient (Wildman–Crippen LogP) is 4.00. The number of allylic oxidation sites excluding steroid dienone is 1. The summed E-state index contributed by atoms with van der Waals surface area (Å²) < 4.78 is 16.2. The van der Waals surface area contributed by atoms with Gasteiger partial charge in [0.25, 0.3) is 5.91 Å². The molecule has 1 aliphatic heterocycles. The summed E-state index contributed by atoms with van der Waals surface area (Å²) in [6, 6.07) is 12.8. The Morgan fingerprint density at radius 2 is 1.87 bits per heavy atom. The van der Waals surface area contributed by atoms with Gasteiger partial charge in [0.2, 0.25) is 0 Å². The Morgan fingerprint density at radius 1 is 1.07 bits per heavy atom. The monoisotopic (exact) mass is 408 g/mol. The van der Waals surface area contributed by atoms with E-state index in [0.29, 0.717) is 17.2 Å². The van der Waals surface area contributed by atoms with Crippen LogP contribution in [0.25, 0.3) is 6.08 Å². The van der Waals surface area contributed by atoms with Gasteiger partial charge in [0.15, 0.2) is 18.1 Å². The van der Waals surface area contributed by atoms with Gasteiger partial charge in [-0.1, -0.05) is 24.3 Å². The van der Waals surface area contributed by atoms with Gasteiger partial charge in [0.05, 0.1) is 14.2 Å². The zero-order valence-corrected chi connectivity index (χ0v) is 17.7. The summed E-state index contributed by atoms with van der Waals surface area (Å²) in [5.74, 6) is 1.60. The van der Waals surface area contributed by atoms with E-state index in [-0.39, 0.29) is 12.5 Å². The highest BCUT2D eigenvalue weighted by Gasteiger charge is 2.09. The van der Waals surface area contributed by atoms with Gasteiger partial charge in [0.1, 0.15) is 5.75 Å². The topological polar surface area (TPSA) is 60.0 Å². The van der Waals surface area contributed by atoms with E-state index in [1.54, 1.807) is 38.5 Å². The van der Waals surface area contributed by atoms with Crippen molar-refractivity contribution in [2.75, 3.05) is 46.3 Å². The van der Waals surface area contributed by atoms with Crippen LogP contribution in [-0.4, -0.2) is 51.8 Å². The molecule has 6 heteroatoms. The summed E-state index contributed by atoms with van der Waals surface area (Å²) in [4.78, 5) is 14.5. The van der Waals surface area contributed by atoms with Gasteiger partial charge in [-0.3, -0.25) is 4.79 Å². The summed E-state index contributed by atoms with van der Waals surface area (Å²) in [5, 5.41) is 2.79. The standard InChI is InChI=1S/C24H28N2O4/c1-26-14-12-18(13-15-26)4-5-19-6-11-22(23(16-19)29-3)30-17-24(27)25-20-7-9-21(28-2)10-8-20/h4-12,16H,13-15,17H2,1-3H3,(H,25,27). The Kier molecular flexibility index (Phi) is 7.51. The molecule has 0 unspecified atom stereocenters. The van der Waals surface area contributed by atoms with Crippen molar-refractivity contribution in [3.63, 3.8) is 0 Å². The maximum Gasteiger partial charge on any atom is 0.262 e. The second kappa shape index (κ2) is 10.5. The third-order valence-corrected chi connectivity index (χ3v) is 4.86. The third kappa shape index (κ3) is 6.12. The Bertz CT molecular complexity index is 919. The number of methoxy groups -OCH3 is 2. The largest absolute Gasteiger partial charge is 0.497 e. The summed E-state index contributed by atoms with van der Waals surface area (Å²) >= 11 is 0. The number of likely N-dealkylation sites (N-methyl/N-ethyl adjacent to an activating group) is 1. The van der Waals surface area contributed by atoms with Crippen LogP contribution in [0.1, 0.15) is 12.0 Å². The van der Waals surface area contributed by atoms with Gasteiger partial charge in [-0.15, -0.1) is 0 Å². The third-order valence-electron chi connectivity index (χ3n) is 4.86. The van der Waals surface area contributed by atoms with Crippen LogP contribution in [0.2, 0.25) is 0 Å². The molecule has 1 aliphatic rings. The Morgan fingerprint density at radius 3 is 2.53 bits per heavy atom. The number of anilines is 1. The minimum atomic E-state index is -0.250. The second-order valence-electron chi connectivity index (χ2n) is 7.10. The van der Waals surface area contributed by atoms with Crippen LogP contribution in [0.5, 0.6) is 17.2 Å². The number of hydrogen-bond donors (Lipinski definition) is 1. The summed E-state index contributed by atoms with van der Waals surface area (Å²) in [7, 11) is 5.31. The Labute approximate surface area is 177 Å². The molecule has 1 amide bonds. The average molecular weight is 408 g/mol. The maximum atomic E-state index is 12.2. The SMILES string of the molecule is COc1ccc(NC(=O)COc2ccc(C=CC3=CCN(C)CC3)cc2OC)cc1. The number of rotatable bonds is 8. The zero-order chi connectivity index (χ0) is 21.3. The van der Waals surface area contributed by atoms with Crippen LogP contribution in [0.4, 0.5) is 5.69 Å². The highest BCUT2D eigenvalue weighted by Crippen LogP contribution is 2.29. The fraction of sp³-hybridized carbons (Fsp3) is 0.292. The molecule has 0 atom stereocenters. The molecule has 0 aromatic heterocycles. The first-order chi connectivity index (χ1) is 14.6. The van der Waals surface area contributed by atoms with Gasteiger partial charge in [-0.05, 0) is 61.0 Å². The van der Waals surface area contributed by atoms with Crippen molar-refractivity contribution in [2.24, 2.45) is 0 Å². The number of benzene rings is 2. The molecule has 2 aromatic carbocycles. The average Bonchev–Trinajstić information content (AvgIpc) is 2.78. The molecule has 30 heavy (non-hydrogen) atoms. The van der Waals surface area contributed by atoms with Gasteiger partial charge in [-0.2, -0.15) is 0 Å². The van der Waals surface area contributed by atoms with Crippen molar-refractivity contribution in [3.05, 3.63) is 65.8 Å². The second-order valence-corrected chi connectivity index (χ2v) is 7.10. The molecule has 0 fully saturated rings. The fourth-order valence-corrected chi connectivity index (χ4v) is 3.06. The van der Waals surface area contributed by atoms with Crippen molar-refractivity contribution >= 4 is 17.7 Å². The Hall–Kier alpha value is -3.25. The lowest BCUT2D eigenvalue weighted by Gasteiger charge is -2.20. The number of carbonyl (C=O) groups is 1. The van der Waals surface area contributed by atoms with E-state index in [1.165, 1.54) is 5.57 Å². The van der Waals surface area contributed by atoms with Crippen molar-refractivity contribution < 1.29 is 19.0 Å². The molecule has 1 heterocycles. The van der Waals surface area contributed by atoms with Crippen LogP contribution < -0.4 is 19.5 Å². The van der Waals surface area contributed by atoms with E-state index in [9.17, 15) is 4.79 Å². The van der Waals surface area contributed by atoms with Crippen LogP contribution in [0.15, 0.2) is 60.2 Å². The van der Waals surface area contributed by atoms with E-state index in [4.69, 9.17) is 14.2 Å². The van der Waals surface area contributed by atoms with Gasteiger partial charge in [-0.25, -0.2) is 0 Å². The molecule has 0 saturated carbocycles. The minimum absolute atomic E-state index is 0.113. The predicted molar refractivity (Wildman–Crippen MR) is 119 cm³/mol. The van der Waals surface area contributed by atoms with E-state index in [1.807, 2.05) is 18.2 Å². The number of carbonyl (C=O) groups excluding carboxylic acids is 1. The normalized spacial score (nSPS) is 14.3. The molecular weight excluding hydrogens is 380 g/mol.